The average molecular weight is 564 g/mol. The Morgan fingerprint density at radius 2 is 1.27 bits per heavy atom. The zero-order valence-corrected chi connectivity index (χ0v) is 26.6. The Labute approximate surface area is 236 Å². The van der Waals surface area contributed by atoms with Gasteiger partial charge in [-0.3, -0.25) is 0 Å². The summed E-state index contributed by atoms with van der Waals surface area (Å²) in [6.07, 6.45) is 20.8. The summed E-state index contributed by atoms with van der Waals surface area (Å²) in [7, 11) is -1.69. The van der Waals surface area contributed by atoms with Gasteiger partial charge in [0, 0.05) is 0 Å². The second-order valence-corrected chi connectivity index (χ2v) is 17.0. The van der Waals surface area contributed by atoms with E-state index in [1.807, 2.05) is 0 Å². The van der Waals surface area contributed by atoms with Crippen molar-refractivity contribution < 1.29 is 57.7 Å². The Balaban J connectivity index is 0. The molecule has 0 aromatic heterocycles. The Kier molecular flexibility index (Phi) is 18.4. The van der Waals surface area contributed by atoms with Gasteiger partial charge in [0.15, 0.2) is 0 Å². The maximum Gasteiger partial charge on any atom is -1.00 e. The van der Waals surface area contributed by atoms with Crippen LogP contribution in [-0.2, 0) is 33.3 Å². The summed E-state index contributed by atoms with van der Waals surface area (Å²) in [5, 5.41) is 1.66. The third kappa shape index (κ3) is 10.2. The van der Waals surface area contributed by atoms with E-state index >= 15 is 0 Å². The number of unbranched alkanes of at least 4 members (excludes halogenated alkanes) is 6. The van der Waals surface area contributed by atoms with Crippen molar-refractivity contribution in [3.05, 3.63) is 53.1 Å². The molecule has 0 nitrogen and oxygen atoms in total. The topological polar surface area (TPSA) is 0 Å². The van der Waals surface area contributed by atoms with Gasteiger partial charge < -0.3 is 37.2 Å². The molecule has 0 bridgehead atoms. The monoisotopic (exact) mass is 562 g/mol. The van der Waals surface area contributed by atoms with Gasteiger partial charge in [-0.1, -0.05) is 0 Å². The number of allylic oxidation sites excluding steroid dienone is 4. The van der Waals surface area contributed by atoms with Crippen LogP contribution in [0.5, 0.6) is 0 Å². The Bertz CT molecular complexity index is 712. The first-order valence-corrected chi connectivity index (χ1v) is 16.3. The van der Waals surface area contributed by atoms with E-state index in [-0.39, 0.29) is 40.6 Å². The molecular weight excluding hydrogens is 519 g/mol. The minimum Gasteiger partial charge on any atom is -1.00 e. The van der Waals surface area contributed by atoms with Gasteiger partial charge in [0.25, 0.3) is 0 Å². The molecule has 0 aliphatic heterocycles. The molecule has 0 amide bonds. The van der Waals surface area contributed by atoms with Crippen LogP contribution in [-0.4, -0.2) is 8.07 Å². The predicted molar refractivity (Wildman–Crippen MR) is 134 cm³/mol. The fraction of sp³-hybridized carbons (Fsp3) is 0.643. The molecule has 186 valence electrons. The predicted octanol–water partition coefficient (Wildman–Crippen LogP) is -0.743. The fourth-order valence-electron chi connectivity index (χ4n) is 4.50. The van der Waals surface area contributed by atoms with E-state index in [0.29, 0.717) is 5.92 Å². The molecule has 1 aliphatic carbocycles. The maximum atomic E-state index is 2.60. The van der Waals surface area contributed by atoms with Crippen molar-refractivity contribution >= 4 is 13.3 Å². The van der Waals surface area contributed by atoms with Crippen LogP contribution in [0.25, 0.3) is 0 Å². The van der Waals surface area contributed by atoms with E-state index in [1.54, 1.807) is 16.3 Å². The van der Waals surface area contributed by atoms with Gasteiger partial charge in [-0.05, 0) is 0 Å². The summed E-state index contributed by atoms with van der Waals surface area (Å²) >= 11 is 2.49. The molecule has 1 aliphatic rings. The Hall–Kier alpha value is 0.501. The third-order valence-corrected chi connectivity index (χ3v) is 14.6. The molecule has 0 saturated heterocycles. The third-order valence-electron chi connectivity index (χ3n) is 7.05. The first-order chi connectivity index (χ1) is 14.2. The van der Waals surface area contributed by atoms with Crippen LogP contribution in [0.3, 0.4) is 0 Å². The van der Waals surface area contributed by atoms with Gasteiger partial charge >= 0.3 is 201 Å². The van der Waals surface area contributed by atoms with Crippen LogP contribution in [0, 0.1) is 5.92 Å². The van der Waals surface area contributed by atoms with Gasteiger partial charge in [-0.25, -0.2) is 0 Å². The number of halogens is 3. The number of aryl methyl sites for hydroxylation is 2. The SMILES string of the molecule is CCCCCCc1cc(CCCCCC)cc([Si](C)(C)[C]2([Ti+3])C=CC(C(C)C)=C2)c1.[Cl-].[Cl-].[Cl-]. The zero-order chi connectivity index (χ0) is 22.2. The average Bonchev–Trinajstić information content (AvgIpc) is 3.13. The molecular formula is C28H45Cl3SiTi. The smallest absolute Gasteiger partial charge is 1.00 e. The van der Waals surface area contributed by atoms with Crippen LogP contribution in [0.1, 0.15) is 90.2 Å². The number of hydrogen-bond donors (Lipinski definition) is 0. The molecule has 1 aromatic rings. The molecule has 0 fully saturated rings. The van der Waals surface area contributed by atoms with Crippen molar-refractivity contribution in [3.63, 3.8) is 0 Å². The summed E-state index contributed by atoms with van der Waals surface area (Å²) in [6, 6.07) is 7.72. The van der Waals surface area contributed by atoms with Gasteiger partial charge in [0.05, 0.1) is 0 Å². The minimum absolute atomic E-state index is 0. The van der Waals surface area contributed by atoms with Crippen molar-refractivity contribution in [1.29, 1.82) is 0 Å². The standard InChI is InChI=1S/C28H45Si.3ClH.Ti/c1-7-9-11-13-15-24-19-25(16-14-12-10-8-2)21-28(20-24)29(5,6)27-18-17-26(22-27)23(3)4;;;;/h17-23H,7-16H2,1-6H3;3*1H;/q;;;;+3/p-3. The Morgan fingerprint density at radius 1 is 0.788 bits per heavy atom. The van der Waals surface area contributed by atoms with E-state index in [2.05, 4.69) is 97.7 Å². The minimum atomic E-state index is -1.69. The van der Waals surface area contributed by atoms with E-state index in [9.17, 15) is 0 Å². The molecule has 0 spiro atoms. The summed E-state index contributed by atoms with van der Waals surface area (Å²) < 4.78 is 0.215. The number of benzene rings is 1. The van der Waals surface area contributed by atoms with Gasteiger partial charge in [0.2, 0.25) is 0 Å². The van der Waals surface area contributed by atoms with Crippen LogP contribution in [0.2, 0.25) is 16.4 Å². The first-order valence-electron chi connectivity index (χ1n) is 12.5. The van der Waals surface area contributed by atoms with Gasteiger partial charge in [-0.15, -0.1) is 0 Å². The molecule has 1 unspecified atom stereocenters. The van der Waals surface area contributed by atoms with Crippen LogP contribution < -0.4 is 42.4 Å². The number of hydrogen-bond acceptors (Lipinski definition) is 0. The van der Waals surface area contributed by atoms with E-state index < -0.39 is 8.07 Å². The zero-order valence-electron chi connectivity index (χ0n) is 21.7. The van der Waals surface area contributed by atoms with Crippen molar-refractivity contribution in [1.82, 2.24) is 0 Å². The van der Waals surface area contributed by atoms with Gasteiger partial charge in [-0.2, -0.15) is 0 Å². The van der Waals surface area contributed by atoms with Crippen molar-refractivity contribution in [2.45, 2.75) is 108 Å². The molecule has 0 heterocycles. The number of rotatable bonds is 13. The second-order valence-electron chi connectivity index (χ2n) is 10.3. The molecule has 1 atom stereocenters. The molecule has 0 radical (unpaired) electrons. The maximum absolute atomic E-state index is 2.60. The molecule has 2 rings (SSSR count). The largest absolute Gasteiger partial charge is 1.00 e. The molecule has 0 saturated carbocycles. The van der Waals surface area contributed by atoms with E-state index in [4.69, 9.17) is 0 Å². The van der Waals surface area contributed by atoms with Crippen LogP contribution in [0.4, 0.5) is 0 Å². The normalized spacial score (nSPS) is 17.3. The molecule has 1 aromatic carbocycles. The van der Waals surface area contributed by atoms with Crippen molar-refractivity contribution in [3.8, 4) is 0 Å². The summed E-state index contributed by atoms with van der Waals surface area (Å²) in [5.74, 6) is 0.618. The quantitative estimate of drug-likeness (QED) is 0.219. The second kappa shape index (κ2) is 17.0. The summed E-state index contributed by atoms with van der Waals surface area (Å²) in [6.45, 7) is 14.4. The van der Waals surface area contributed by atoms with E-state index in [1.165, 1.54) is 69.8 Å². The van der Waals surface area contributed by atoms with E-state index in [0.717, 1.165) is 0 Å². The first kappa shape index (κ1) is 35.7. The summed E-state index contributed by atoms with van der Waals surface area (Å²) in [5.41, 5.74) is 4.70. The van der Waals surface area contributed by atoms with Crippen LogP contribution in [0.15, 0.2) is 42.0 Å². The van der Waals surface area contributed by atoms with Crippen molar-refractivity contribution in [2.24, 2.45) is 5.92 Å². The van der Waals surface area contributed by atoms with Crippen LogP contribution >= 0.6 is 0 Å². The Morgan fingerprint density at radius 3 is 1.67 bits per heavy atom. The molecule has 33 heavy (non-hydrogen) atoms. The van der Waals surface area contributed by atoms with Crippen molar-refractivity contribution in [2.75, 3.05) is 0 Å². The fourth-order valence-corrected chi connectivity index (χ4v) is 8.16. The molecule has 0 N–H and O–H groups in total. The molecule has 5 heteroatoms. The summed E-state index contributed by atoms with van der Waals surface area (Å²) in [4.78, 5) is 0. The van der Waals surface area contributed by atoms with Gasteiger partial charge in [0.1, 0.15) is 0 Å².